The van der Waals surface area contributed by atoms with Gasteiger partial charge >= 0.3 is 0 Å². The summed E-state index contributed by atoms with van der Waals surface area (Å²) in [6, 6.07) is 12.7. The Morgan fingerprint density at radius 3 is 2.55 bits per heavy atom. The third-order valence-electron chi connectivity index (χ3n) is 3.47. The highest BCUT2D eigenvalue weighted by Gasteiger charge is 2.25. The molecule has 0 aromatic heterocycles. The van der Waals surface area contributed by atoms with Crippen molar-refractivity contribution >= 4 is 27.1 Å². The quantitative estimate of drug-likeness (QED) is 0.822. The van der Waals surface area contributed by atoms with Crippen LogP contribution in [0.3, 0.4) is 0 Å². The molecule has 0 aliphatic carbocycles. The molecule has 5 nitrogen and oxygen atoms in total. The normalized spacial score (nSPS) is 14.3. The number of nitrogens with zero attached hydrogens (tertiary/aromatic N) is 1. The molecular weight excluding hydrogens is 274 g/mol. The zero-order valence-corrected chi connectivity index (χ0v) is 11.6. The van der Waals surface area contributed by atoms with Crippen LogP contribution in [0.15, 0.2) is 47.4 Å². The van der Waals surface area contributed by atoms with Crippen LogP contribution < -0.4 is 15.8 Å². The summed E-state index contributed by atoms with van der Waals surface area (Å²) in [5.41, 5.74) is 8.85. The van der Waals surface area contributed by atoms with E-state index in [0.29, 0.717) is 11.4 Å². The van der Waals surface area contributed by atoms with Gasteiger partial charge in [-0.25, -0.2) is 13.6 Å². The first-order valence-electron chi connectivity index (χ1n) is 6.24. The van der Waals surface area contributed by atoms with Crippen LogP contribution in [0.5, 0.6) is 0 Å². The van der Waals surface area contributed by atoms with E-state index in [2.05, 4.69) is 0 Å². The molecule has 0 amide bonds. The maximum absolute atomic E-state index is 11.8. The highest BCUT2D eigenvalue weighted by molar-refractivity contribution is 7.89. The predicted molar refractivity (Wildman–Crippen MR) is 79.4 cm³/mol. The topological polar surface area (TPSA) is 89.4 Å². The zero-order chi connectivity index (χ0) is 14.3. The molecule has 20 heavy (non-hydrogen) atoms. The smallest absolute Gasteiger partial charge is 0.240 e. The van der Waals surface area contributed by atoms with E-state index in [1.807, 2.05) is 29.2 Å². The SMILES string of the molecule is Nc1ccc(N2CCc3ccccc32)c(S(N)(=O)=O)c1. The van der Waals surface area contributed by atoms with Gasteiger partial charge in [-0.2, -0.15) is 0 Å². The van der Waals surface area contributed by atoms with E-state index in [4.69, 9.17) is 10.9 Å². The van der Waals surface area contributed by atoms with Crippen molar-refractivity contribution in [3.8, 4) is 0 Å². The van der Waals surface area contributed by atoms with Gasteiger partial charge < -0.3 is 10.6 Å². The lowest BCUT2D eigenvalue weighted by Crippen LogP contribution is -2.20. The number of benzene rings is 2. The van der Waals surface area contributed by atoms with Gasteiger partial charge in [-0.1, -0.05) is 18.2 Å². The van der Waals surface area contributed by atoms with Crippen LogP contribution in [-0.2, 0) is 16.4 Å². The van der Waals surface area contributed by atoms with E-state index in [-0.39, 0.29) is 4.90 Å². The Hall–Kier alpha value is -2.05. The largest absolute Gasteiger partial charge is 0.399 e. The molecule has 0 bridgehead atoms. The Labute approximate surface area is 117 Å². The number of rotatable bonds is 2. The summed E-state index contributed by atoms with van der Waals surface area (Å²) < 4.78 is 23.5. The molecule has 1 aliphatic rings. The van der Waals surface area contributed by atoms with Crippen molar-refractivity contribution in [2.24, 2.45) is 5.14 Å². The van der Waals surface area contributed by atoms with Crippen LogP contribution in [-0.4, -0.2) is 15.0 Å². The van der Waals surface area contributed by atoms with Gasteiger partial charge in [0.1, 0.15) is 4.90 Å². The number of hydrogen-bond acceptors (Lipinski definition) is 4. The number of nitrogen functional groups attached to an aromatic ring is 1. The molecule has 0 atom stereocenters. The highest BCUT2D eigenvalue weighted by Crippen LogP contribution is 2.37. The molecule has 2 aromatic rings. The minimum Gasteiger partial charge on any atom is -0.399 e. The standard InChI is InChI=1S/C14H15N3O2S/c15-11-5-6-13(14(9-11)20(16,18)19)17-8-7-10-3-1-2-4-12(10)17/h1-6,9H,7-8,15H2,(H2,16,18,19). The van der Waals surface area contributed by atoms with Crippen LogP contribution >= 0.6 is 0 Å². The van der Waals surface area contributed by atoms with Crippen molar-refractivity contribution in [1.29, 1.82) is 0 Å². The first kappa shape index (κ1) is 13.0. The summed E-state index contributed by atoms with van der Waals surface area (Å²) in [4.78, 5) is 2.03. The molecule has 1 aliphatic heterocycles. The molecule has 2 aromatic carbocycles. The third kappa shape index (κ3) is 2.13. The Morgan fingerprint density at radius 1 is 1.05 bits per heavy atom. The summed E-state index contributed by atoms with van der Waals surface area (Å²) in [6.45, 7) is 0.728. The lowest BCUT2D eigenvalue weighted by Gasteiger charge is -2.22. The number of primary sulfonamides is 1. The molecular formula is C14H15N3O2S. The number of hydrogen-bond donors (Lipinski definition) is 2. The maximum Gasteiger partial charge on any atom is 0.240 e. The van der Waals surface area contributed by atoms with Crippen molar-refractivity contribution in [3.05, 3.63) is 48.0 Å². The Balaban J connectivity index is 2.18. The van der Waals surface area contributed by atoms with E-state index >= 15 is 0 Å². The van der Waals surface area contributed by atoms with E-state index in [1.54, 1.807) is 12.1 Å². The van der Waals surface area contributed by atoms with Gasteiger partial charge in [0.15, 0.2) is 0 Å². The predicted octanol–water partition coefficient (Wildman–Crippen LogP) is 1.61. The maximum atomic E-state index is 11.8. The van der Waals surface area contributed by atoms with Crippen LogP contribution in [0.1, 0.15) is 5.56 Å². The summed E-state index contributed by atoms with van der Waals surface area (Å²) in [5.74, 6) is 0. The fraction of sp³-hybridized carbons (Fsp3) is 0.143. The molecule has 3 rings (SSSR count). The average Bonchev–Trinajstić information content (AvgIpc) is 2.81. The van der Waals surface area contributed by atoms with Crippen molar-refractivity contribution in [3.63, 3.8) is 0 Å². The summed E-state index contributed by atoms with van der Waals surface area (Å²) in [5, 5.41) is 5.30. The van der Waals surface area contributed by atoms with Gasteiger partial charge in [-0.05, 0) is 36.2 Å². The lowest BCUT2D eigenvalue weighted by molar-refractivity contribution is 0.598. The van der Waals surface area contributed by atoms with Crippen LogP contribution in [0.2, 0.25) is 0 Å². The molecule has 0 fully saturated rings. The lowest BCUT2D eigenvalue weighted by atomic mass is 10.2. The van der Waals surface area contributed by atoms with Gasteiger partial charge in [0.05, 0.1) is 5.69 Å². The summed E-state index contributed by atoms with van der Waals surface area (Å²) in [6.07, 6.45) is 0.880. The molecule has 0 radical (unpaired) electrons. The summed E-state index contributed by atoms with van der Waals surface area (Å²) in [7, 11) is -3.82. The second-order valence-electron chi connectivity index (χ2n) is 4.80. The van der Waals surface area contributed by atoms with Crippen molar-refractivity contribution in [2.45, 2.75) is 11.3 Å². The van der Waals surface area contributed by atoms with E-state index < -0.39 is 10.0 Å². The average molecular weight is 289 g/mol. The molecule has 0 saturated carbocycles. The van der Waals surface area contributed by atoms with E-state index in [0.717, 1.165) is 18.7 Å². The molecule has 4 N–H and O–H groups in total. The van der Waals surface area contributed by atoms with E-state index in [9.17, 15) is 8.42 Å². The van der Waals surface area contributed by atoms with Gasteiger partial charge in [0, 0.05) is 17.9 Å². The van der Waals surface area contributed by atoms with Crippen molar-refractivity contribution in [1.82, 2.24) is 0 Å². The van der Waals surface area contributed by atoms with Crippen LogP contribution in [0, 0.1) is 0 Å². The molecule has 0 unspecified atom stereocenters. The molecule has 0 spiro atoms. The molecule has 104 valence electrons. The van der Waals surface area contributed by atoms with Crippen LogP contribution in [0.4, 0.5) is 17.1 Å². The molecule has 0 saturated heterocycles. The second-order valence-corrected chi connectivity index (χ2v) is 6.33. The van der Waals surface area contributed by atoms with Gasteiger partial charge in [-0.15, -0.1) is 0 Å². The van der Waals surface area contributed by atoms with E-state index in [1.165, 1.54) is 11.6 Å². The molecule has 6 heteroatoms. The van der Waals surface area contributed by atoms with Gasteiger partial charge in [-0.3, -0.25) is 0 Å². The first-order valence-corrected chi connectivity index (χ1v) is 7.79. The minimum atomic E-state index is -3.82. The number of anilines is 3. The van der Waals surface area contributed by atoms with Gasteiger partial charge in [0.2, 0.25) is 10.0 Å². The Bertz CT molecular complexity index is 772. The number of fused-ring (bicyclic) bond motifs is 1. The zero-order valence-electron chi connectivity index (χ0n) is 10.8. The monoisotopic (exact) mass is 289 g/mol. The molecule has 1 heterocycles. The van der Waals surface area contributed by atoms with Crippen molar-refractivity contribution < 1.29 is 8.42 Å². The highest BCUT2D eigenvalue weighted by atomic mass is 32.2. The number of sulfonamides is 1. The minimum absolute atomic E-state index is 0.0641. The van der Waals surface area contributed by atoms with Crippen molar-refractivity contribution in [2.75, 3.05) is 17.2 Å². The third-order valence-corrected chi connectivity index (χ3v) is 4.41. The second kappa shape index (κ2) is 4.50. The fourth-order valence-electron chi connectivity index (χ4n) is 2.57. The number of nitrogens with two attached hydrogens (primary N) is 2. The van der Waals surface area contributed by atoms with Crippen LogP contribution in [0.25, 0.3) is 0 Å². The summed E-state index contributed by atoms with van der Waals surface area (Å²) >= 11 is 0. The fourth-order valence-corrected chi connectivity index (χ4v) is 3.34. The number of para-hydroxylation sites is 1. The Kier molecular flexibility index (Phi) is 2.92. The first-order chi connectivity index (χ1) is 9.47. The van der Waals surface area contributed by atoms with Gasteiger partial charge in [0.25, 0.3) is 0 Å². The Morgan fingerprint density at radius 2 is 1.80 bits per heavy atom.